The number of morpholine rings is 1. The van der Waals surface area contributed by atoms with Crippen LogP contribution in [-0.4, -0.2) is 64.3 Å². The molecule has 10 nitrogen and oxygen atoms in total. The van der Waals surface area contributed by atoms with E-state index >= 15 is 0 Å². The fourth-order valence-electron chi connectivity index (χ4n) is 3.88. The van der Waals surface area contributed by atoms with Gasteiger partial charge in [0.2, 0.25) is 11.9 Å². The maximum absolute atomic E-state index is 9.63. The minimum atomic E-state index is 0.423. The quantitative estimate of drug-likeness (QED) is 0.648. The molecule has 2 aliphatic rings. The number of nitrogens with zero attached hydrogens (tertiary/aromatic N) is 8. The molecule has 5 heterocycles. The van der Waals surface area contributed by atoms with Crippen molar-refractivity contribution >= 4 is 23.4 Å². The van der Waals surface area contributed by atoms with Gasteiger partial charge in [-0.05, 0) is 25.0 Å². The molecule has 3 aromatic heterocycles. The van der Waals surface area contributed by atoms with Crippen molar-refractivity contribution in [2.45, 2.75) is 12.8 Å². The van der Waals surface area contributed by atoms with E-state index in [1.165, 1.54) is 0 Å². The topological polar surface area (TPSA) is 116 Å². The van der Waals surface area contributed by atoms with Crippen LogP contribution in [0, 0.1) is 11.3 Å². The third kappa shape index (κ3) is 4.29. The van der Waals surface area contributed by atoms with Crippen LogP contribution < -0.4 is 15.1 Å². The first-order valence-corrected chi connectivity index (χ1v) is 10.7. The van der Waals surface area contributed by atoms with Crippen LogP contribution in [0.25, 0.3) is 11.3 Å². The molecule has 162 valence electrons. The molecule has 0 bridgehead atoms. The fourth-order valence-corrected chi connectivity index (χ4v) is 3.88. The van der Waals surface area contributed by atoms with Crippen molar-refractivity contribution in [3.05, 3.63) is 42.5 Å². The van der Waals surface area contributed by atoms with E-state index < -0.39 is 0 Å². The highest BCUT2D eigenvalue weighted by Gasteiger charge is 2.18. The molecule has 0 atom stereocenters. The summed E-state index contributed by atoms with van der Waals surface area (Å²) in [4.78, 5) is 26.6. The van der Waals surface area contributed by atoms with Crippen LogP contribution in [0.2, 0.25) is 0 Å². The summed E-state index contributed by atoms with van der Waals surface area (Å²) in [5.74, 6) is 1.85. The molecule has 2 saturated heterocycles. The predicted octanol–water partition coefficient (Wildman–Crippen LogP) is 2.38. The maximum atomic E-state index is 9.63. The van der Waals surface area contributed by atoms with Crippen molar-refractivity contribution in [3.8, 4) is 17.3 Å². The molecule has 0 spiro atoms. The summed E-state index contributed by atoms with van der Waals surface area (Å²) in [7, 11) is 0. The van der Waals surface area contributed by atoms with E-state index in [9.17, 15) is 5.26 Å². The zero-order chi connectivity index (χ0) is 21.8. The van der Waals surface area contributed by atoms with Gasteiger partial charge in [0.05, 0.1) is 42.6 Å². The minimum absolute atomic E-state index is 0.423. The van der Waals surface area contributed by atoms with Crippen LogP contribution in [0.5, 0.6) is 0 Å². The van der Waals surface area contributed by atoms with Gasteiger partial charge in [0.1, 0.15) is 11.9 Å². The van der Waals surface area contributed by atoms with Crippen molar-refractivity contribution in [1.82, 2.24) is 24.9 Å². The molecule has 0 amide bonds. The standard InChI is InChI=1S/C22H23N9O/c23-12-16-11-17(13-25-20(16)30-5-1-2-6-30)19-3-4-24-21(29-19)28-18-14-26-22(27-15-18)31-7-9-32-10-8-31/h3-4,11,13-15H,1-2,5-10H2,(H,24,28,29). The van der Waals surface area contributed by atoms with Crippen molar-refractivity contribution in [3.63, 3.8) is 0 Å². The molecule has 0 saturated carbocycles. The number of hydrogen-bond acceptors (Lipinski definition) is 10. The van der Waals surface area contributed by atoms with Gasteiger partial charge in [-0.15, -0.1) is 0 Å². The summed E-state index contributed by atoms with van der Waals surface area (Å²) < 4.78 is 5.37. The Kier molecular flexibility index (Phi) is 5.72. The van der Waals surface area contributed by atoms with Gasteiger partial charge in [0.25, 0.3) is 0 Å². The highest BCUT2D eigenvalue weighted by atomic mass is 16.5. The molecule has 0 radical (unpaired) electrons. The maximum Gasteiger partial charge on any atom is 0.227 e. The minimum Gasteiger partial charge on any atom is -0.378 e. The molecule has 1 N–H and O–H groups in total. The molecule has 0 aromatic carbocycles. The molecule has 0 unspecified atom stereocenters. The first-order chi connectivity index (χ1) is 15.8. The zero-order valence-electron chi connectivity index (χ0n) is 17.6. The Labute approximate surface area is 185 Å². The lowest BCUT2D eigenvalue weighted by Gasteiger charge is -2.26. The highest BCUT2D eigenvalue weighted by Crippen LogP contribution is 2.26. The lowest BCUT2D eigenvalue weighted by atomic mass is 10.1. The van der Waals surface area contributed by atoms with Crippen LogP contribution in [0.1, 0.15) is 18.4 Å². The Bertz CT molecular complexity index is 1120. The van der Waals surface area contributed by atoms with Gasteiger partial charge in [0.15, 0.2) is 0 Å². The normalized spacial score (nSPS) is 16.1. The summed E-state index contributed by atoms with van der Waals surface area (Å²) in [5.41, 5.74) is 2.71. The van der Waals surface area contributed by atoms with E-state index in [4.69, 9.17) is 4.74 Å². The molecule has 2 aliphatic heterocycles. The third-order valence-electron chi connectivity index (χ3n) is 5.53. The van der Waals surface area contributed by atoms with E-state index in [2.05, 4.69) is 46.1 Å². The number of ether oxygens (including phenoxy) is 1. The second-order valence-electron chi connectivity index (χ2n) is 7.66. The van der Waals surface area contributed by atoms with E-state index in [1.54, 1.807) is 30.9 Å². The zero-order valence-corrected chi connectivity index (χ0v) is 17.6. The molecular formula is C22H23N9O. The Hall–Kier alpha value is -3.84. The molecule has 3 aromatic rings. The highest BCUT2D eigenvalue weighted by molar-refractivity contribution is 5.67. The summed E-state index contributed by atoms with van der Waals surface area (Å²) >= 11 is 0. The largest absolute Gasteiger partial charge is 0.378 e. The number of rotatable bonds is 5. The molecule has 2 fully saturated rings. The van der Waals surface area contributed by atoms with Gasteiger partial charge in [0, 0.05) is 44.1 Å². The van der Waals surface area contributed by atoms with E-state index in [0.29, 0.717) is 42.1 Å². The molecular weight excluding hydrogens is 406 g/mol. The van der Waals surface area contributed by atoms with Gasteiger partial charge in [-0.1, -0.05) is 0 Å². The van der Waals surface area contributed by atoms with Gasteiger partial charge in [-0.3, -0.25) is 0 Å². The number of pyridine rings is 1. The number of hydrogen-bond donors (Lipinski definition) is 1. The smallest absolute Gasteiger partial charge is 0.227 e. The summed E-state index contributed by atoms with van der Waals surface area (Å²) in [6.07, 6.45) is 9.13. The van der Waals surface area contributed by atoms with Crippen LogP contribution >= 0.6 is 0 Å². The lowest BCUT2D eigenvalue weighted by molar-refractivity contribution is 0.122. The number of nitriles is 1. The number of aromatic nitrogens is 5. The van der Waals surface area contributed by atoms with Gasteiger partial charge in [-0.2, -0.15) is 5.26 Å². The average molecular weight is 429 g/mol. The Morgan fingerprint density at radius 2 is 1.72 bits per heavy atom. The van der Waals surface area contributed by atoms with Gasteiger partial charge < -0.3 is 19.9 Å². The third-order valence-corrected chi connectivity index (χ3v) is 5.53. The van der Waals surface area contributed by atoms with Crippen LogP contribution in [0.15, 0.2) is 36.9 Å². The number of anilines is 4. The van der Waals surface area contributed by atoms with Crippen LogP contribution in [-0.2, 0) is 4.74 Å². The van der Waals surface area contributed by atoms with E-state index in [1.807, 2.05) is 6.07 Å². The molecule has 5 rings (SSSR count). The Balaban J connectivity index is 1.33. The van der Waals surface area contributed by atoms with Gasteiger partial charge in [-0.25, -0.2) is 24.9 Å². The first-order valence-electron chi connectivity index (χ1n) is 10.7. The van der Waals surface area contributed by atoms with Gasteiger partial charge >= 0.3 is 0 Å². The van der Waals surface area contributed by atoms with Crippen molar-refractivity contribution in [1.29, 1.82) is 5.26 Å². The fraction of sp³-hybridized carbons (Fsp3) is 0.364. The average Bonchev–Trinajstić information content (AvgIpc) is 3.40. The summed E-state index contributed by atoms with van der Waals surface area (Å²) in [6, 6.07) is 5.92. The predicted molar refractivity (Wildman–Crippen MR) is 120 cm³/mol. The van der Waals surface area contributed by atoms with Crippen molar-refractivity contribution in [2.24, 2.45) is 0 Å². The van der Waals surface area contributed by atoms with Crippen LogP contribution in [0.3, 0.4) is 0 Å². The molecule has 10 heteroatoms. The monoisotopic (exact) mass is 429 g/mol. The summed E-state index contributed by atoms with van der Waals surface area (Å²) in [6.45, 7) is 4.82. The van der Waals surface area contributed by atoms with E-state index in [-0.39, 0.29) is 0 Å². The van der Waals surface area contributed by atoms with Crippen molar-refractivity contribution in [2.75, 3.05) is 54.5 Å². The first kappa shape index (κ1) is 20.1. The molecule has 32 heavy (non-hydrogen) atoms. The van der Waals surface area contributed by atoms with Crippen molar-refractivity contribution < 1.29 is 4.74 Å². The summed E-state index contributed by atoms with van der Waals surface area (Å²) in [5, 5.41) is 12.8. The van der Waals surface area contributed by atoms with Crippen LogP contribution in [0.4, 0.5) is 23.4 Å². The molecule has 0 aliphatic carbocycles. The second-order valence-corrected chi connectivity index (χ2v) is 7.66. The Morgan fingerprint density at radius 3 is 2.47 bits per heavy atom. The number of nitrogens with one attached hydrogen (secondary N) is 1. The SMILES string of the molecule is N#Cc1cc(-c2ccnc(Nc3cnc(N4CCOCC4)nc3)n2)cnc1N1CCCC1. The Morgan fingerprint density at radius 1 is 0.938 bits per heavy atom. The second kappa shape index (κ2) is 9.11. The van der Waals surface area contributed by atoms with E-state index in [0.717, 1.165) is 50.4 Å². The lowest BCUT2D eigenvalue weighted by Crippen LogP contribution is -2.37.